The van der Waals surface area contributed by atoms with Crippen LogP contribution in [0.3, 0.4) is 0 Å². The number of ether oxygens (including phenoxy) is 1. The number of para-hydroxylation sites is 2. The number of nitrogens with one attached hydrogen (secondary N) is 1. The van der Waals surface area contributed by atoms with Crippen LogP contribution in [0.4, 0.5) is 10.5 Å². The Morgan fingerprint density at radius 3 is 2.94 bits per heavy atom. The molecular weight excluding hydrogens is 206 g/mol. The minimum atomic E-state index is -0.125. The normalized spacial score (nSPS) is 19.8. The van der Waals surface area contributed by atoms with Crippen molar-refractivity contribution in [2.75, 3.05) is 25.1 Å². The zero-order valence-corrected chi connectivity index (χ0v) is 9.14. The molecule has 1 unspecified atom stereocenters. The van der Waals surface area contributed by atoms with Gasteiger partial charge in [-0.2, -0.15) is 0 Å². The fourth-order valence-corrected chi connectivity index (χ4v) is 1.80. The number of nitrogens with two attached hydrogens (primary N) is 1. The second-order valence-electron chi connectivity index (χ2n) is 3.66. The van der Waals surface area contributed by atoms with Crippen molar-refractivity contribution in [3.05, 3.63) is 24.3 Å². The summed E-state index contributed by atoms with van der Waals surface area (Å²) in [6, 6.07) is 7.32. The summed E-state index contributed by atoms with van der Waals surface area (Å²) in [7, 11) is 1.59. The lowest BCUT2D eigenvalue weighted by molar-refractivity contribution is 0.250. The summed E-state index contributed by atoms with van der Waals surface area (Å²) >= 11 is 0. The van der Waals surface area contributed by atoms with Crippen molar-refractivity contribution in [1.29, 1.82) is 0 Å². The summed E-state index contributed by atoms with van der Waals surface area (Å²) in [5.74, 6) is 0.690. The standard InChI is InChI=1S/C11H15N3O2/c1-16-10-5-3-2-4-9(10)14-7-8(6-12)13-11(14)15/h2-5,8H,6-7,12H2,1H3,(H,13,15). The molecule has 1 aliphatic rings. The van der Waals surface area contributed by atoms with Crippen LogP contribution in [0.5, 0.6) is 5.75 Å². The number of hydrogen-bond acceptors (Lipinski definition) is 3. The number of amides is 2. The van der Waals surface area contributed by atoms with Crippen molar-refractivity contribution in [2.24, 2.45) is 5.73 Å². The topological polar surface area (TPSA) is 67.6 Å². The highest BCUT2D eigenvalue weighted by Crippen LogP contribution is 2.29. The average Bonchev–Trinajstić information content (AvgIpc) is 2.70. The molecule has 1 heterocycles. The Hall–Kier alpha value is -1.75. The molecule has 86 valence electrons. The molecule has 0 radical (unpaired) electrons. The van der Waals surface area contributed by atoms with Gasteiger partial charge in [0.2, 0.25) is 0 Å². The number of urea groups is 1. The van der Waals surface area contributed by atoms with Crippen LogP contribution in [0, 0.1) is 0 Å². The monoisotopic (exact) mass is 221 g/mol. The minimum Gasteiger partial charge on any atom is -0.495 e. The van der Waals surface area contributed by atoms with E-state index in [4.69, 9.17) is 10.5 Å². The number of benzene rings is 1. The highest BCUT2D eigenvalue weighted by Gasteiger charge is 2.30. The van der Waals surface area contributed by atoms with Crippen LogP contribution in [0.1, 0.15) is 0 Å². The molecule has 1 aliphatic heterocycles. The molecule has 2 rings (SSSR count). The van der Waals surface area contributed by atoms with Crippen molar-refractivity contribution in [1.82, 2.24) is 5.32 Å². The third-order valence-electron chi connectivity index (χ3n) is 2.64. The second-order valence-corrected chi connectivity index (χ2v) is 3.66. The number of rotatable bonds is 3. The lowest BCUT2D eigenvalue weighted by Gasteiger charge is -2.17. The highest BCUT2D eigenvalue weighted by atomic mass is 16.5. The van der Waals surface area contributed by atoms with Gasteiger partial charge < -0.3 is 15.8 Å². The predicted octanol–water partition coefficient (Wildman–Crippen LogP) is 0.552. The lowest BCUT2D eigenvalue weighted by Crippen LogP contribution is -2.33. The van der Waals surface area contributed by atoms with Crippen molar-refractivity contribution < 1.29 is 9.53 Å². The van der Waals surface area contributed by atoms with Crippen LogP contribution in [-0.4, -0.2) is 32.3 Å². The Morgan fingerprint density at radius 1 is 1.56 bits per heavy atom. The fraction of sp³-hybridized carbons (Fsp3) is 0.364. The third kappa shape index (κ3) is 1.81. The van der Waals surface area contributed by atoms with Crippen molar-refractivity contribution in [2.45, 2.75) is 6.04 Å². The summed E-state index contributed by atoms with van der Waals surface area (Å²) in [4.78, 5) is 13.4. The van der Waals surface area contributed by atoms with Gasteiger partial charge in [-0.25, -0.2) is 4.79 Å². The maximum Gasteiger partial charge on any atom is 0.322 e. The number of nitrogens with zero attached hydrogens (tertiary/aromatic N) is 1. The van der Waals surface area contributed by atoms with Gasteiger partial charge in [0.1, 0.15) is 5.75 Å². The molecule has 0 aliphatic carbocycles. The quantitative estimate of drug-likeness (QED) is 0.783. The van der Waals surface area contributed by atoms with Gasteiger partial charge >= 0.3 is 6.03 Å². The van der Waals surface area contributed by atoms with Crippen molar-refractivity contribution in [3.63, 3.8) is 0 Å². The molecule has 5 nitrogen and oxygen atoms in total. The highest BCUT2D eigenvalue weighted by molar-refractivity contribution is 5.96. The largest absolute Gasteiger partial charge is 0.495 e. The Kier molecular flexibility index (Phi) is 2.96. The number of carbonyl (C=O) groups excluding carboxylic acids is 1. The van der Waals surface area contributed by atoms with E-state index in [0.717, 1.165) is 5.69 Å². The molecule has 1 aromatic rings. The van der Waals surface area contributed by atoms with Crippen molar-refractivity contribution in [3.8, 4) is 5.75 Å². The van der Waals surface area contributed by atoms with Crippen LogP contribution in [0.25, 0.3) is 0 Å². The Bertz CT molecular complexity index is 395. The van der Waals surface area contributed by atoms with E-state index in [2.05, 4.69) is 5.32 Å². The van der Waals surface area contributed by atoms with E-state index in [9.17, 15) is 4.79 Å². The van der Waals surface area contributed by atoms with E-state index < -0.39 is 0 Å². The summed E-state index contributed by atoms with van der Waals surface area (Å²) < 4.78 is 5.22. The Labute approximate surface area is 94.2 Å². The van der Waals surface area contributed by atoms with E-state index in [0.29, 0.717) is 18.8 Å². The number of carbonyl (C=O) groups is 1. The number of methoxy groups -OCH3 is 1. The summed E-state index contributed by atoms with van der Waals surface area (Å²) in [5, 5.41) is 2.81. The molecule has 0 saturated carbocycles. The molecule has 2 amide bonds. The molecule has 5 heteroatoms. The summed E-state index contributed by atoms with van der Waals surface area (Å²) in [6.07, 6.45) is 0. The van der Waals surface area contributed by atoms with E-state index in [-0.39, 0.29) is 12.1 Å². The van der Waals surface area contributed by atoms with E-state index in [1.165, 1.54) is 0 Å². The van der Waals surface area contributed by atoms with Gasteiger partial charge in [-0.15, -0.1) is 0 Å². The molecule has 0 bridgehead atoms. The molecule has 1 fully saturated rings. The molecule has 3 N–H and O–H groups in total. The van der Waals surface area contributed by atoms with Gasteiger partial charge in [-0.1, -0.05) is 12.1 Å². The van der Waals surface area contributed by atoms with Crippen LogP contribution in [0.15, 0.2) is 24.3 Å². The minimum absolute atomic E-state index is 0.0115. The van der Waals surface area contributed by atoms with Gasteiger partial charge in [0.25, 0.3) is 0 Å². The average molecular weight is 221 g/mol. The smallest absolute Gasteiger partial charge is 0.322 e. The van der Waals surface area contributed by atoms with E-state index in [1.54, 1.807) is 12.0 Å². The Morgan fingerprint density at radius 2 is 2.31 bits per heavy atom. The predicted molar refractivity (Wildman–Crippen MR) is 61.7 cm³/mol. The van der Waals surface area contributed by atoms with E-state index in [1.807, 2.05) is 24.3 Å². The van der Waals surface area contributed by atoms with Gasteiger partial charge in [0.15, 0.2) is 0 Å². The molecule has 0 aromatic heterocycles. The number of anilines is 1. The number of hydrogen-bond donors (Lipinski definition) is 2. The molecule has 1 atom stereocenters. The Balaban J connectivity index is 2.27. The molecule has 1 aromatic carbocycles. The van der Waals surface area contributed by atoms with Gasteiger partial charge in [0.05, 0.1) is 18.8 Å². The van der Waals surface area contributed by atoms with Crippen LogP contribution < -0.4 is 20.7 Å². The maximum atomic E-state index is 11.7. The van der Waals surface area contributed by atoms with Crippen LogP contribution in [-0.2, 0) is 0 Å². The van der Waals surface area contributed by atoms with Gasteiger partial charge in [0, 0.05) is 13.1 Å². The zero-order chi connectivity index (χ0) is 11.5. The lowest BCUT2D eigenvalue weighted by atomic mass is 10.2. The first-order chi connectivity index (χ1) is 7.76. The fourth-order valence-electron chi connectivity index (χ4n) is 1.80. The first-order valence-electron chi connectivity index (χ1n) is 5.17. The third-order valence-corrected chi connectivity index (χ3v) is 2.64. The molecular formula is C11H15N3O2. The van der Waals surface area contributed by atoms with E-state index >= 15 is 0 Å². The van der Waals surface area contributed by atoms with Crippen LogP contribution >= 0.6 is 0 Å². The first kappa shape index (κ1) is 10.8. The summed E-state index contributed by atoms with van der Waals surface area (Å²) in [5.41, 5.74) is 6.31. The zero-order valence-electron chi connectivity index (χ0n) is 9.14. The van der Waals surface area contributed by atoms with Crippen LogP contribution in [0.2, 0.25) is 0 Å². The van der Waals surface area contributed by atoms with Gasteiger partial charge in [-0.3, -0.25) is 4.90 Å². The van der Waals surface area contributed by atoms with Crippen molar-refractivity contribution >= 4 is 11.7 Å². The molecule has 1 saturated heterocycles. The van der Waals surface area contributed by atoms with Gasteiger partial charge in [-0.05, 0) is 12.1 Å². The SMILES string of the molecule is COc1ccccc1N1CC(CN)NC1=O. The maximum absolute atomic E-state index is 11.7. The molecule has 0 spiro atoms. The second kappa shape index (κ2) is 4.40. The summed E-state index contributed by atoms with van der Waals surface area (Å²) in [6.45, 7) is 1.02. The first-order valence-corrected chi connectivity index (χ1v) is 5.17. The molecule has 16 heavy (non-hydrogen) atoms.